The van der Waals surface area contributed by atoms with Crippen LogP contribution in [0.3, 0.4) is 0 Å². The molecule has 9 nitrogen and oxygen atoms in total. The van der Waals surface area contributed by atoms with Crippen molar-refractivity contribution in [3.8, 4) is 5.69 Å². The summed E-state index contributed by atoms with van der Waals surface area (Å²) in [5, 5.41) is 26.3. The molecule has 1 fully saturated rings. The smallest absolute Gasteiger partial charge is 0.306 e. The van der Waals surface area contributed by atoms with E-state index in [1.165, 1.54) is 35.0 Å². The maximum Gasteiger partial charge on any atom is 0.306 e. The summed E-state index contributed by atoms with van der Waals surface area (Å²) >= 11 is 0. The maximum absolute atomic E-state index is 12.1. The lowest BCUT2D eigenvalue weighted by Crippen LogP contribution is -2.46. The van der Waals surface area contributed by atoms with E-state index in [2.05, 4.69) is 10.4 Å². The van der Waals surface area contributed by atoms with E-state index in [9.17, 15) is 19.7 Å². The van der Waals surface area contributed by atoms with Gasteiger partial charge in [0.25, 0.3) is 11.6 Å². The highest BCUT2D eigenvalue weighted by Crippen LogP contribution is 2.27. The summed E-state index contributed by atoms with van der Waals surface area (Å²) in [6.45, 7) is 0. The summed E-state index contributed by atoms with van der Waals surface area (Å²) in [6, 6.07) is 7.17. The number of nitrogens with zero attached hydrogens (tertiary/aromatic N) is 3. The van der Waals surface area contributed by atoms with Gasteiger partial charge in [-0.25, -0.2) is 4.68 Å². The van der Waals surface area contributed by atoms with Crippen LogP contribution in [-0.4, -0.2) is 37.7 Å². The Labute approximate surface area is 136 Å². The number of carbonyl (C=O) groups is 2. The van der Waals surface area contributed by atoms with E-state index in [0.717, 1.165) is 0 Å². The highest BCUT2D eigenvalue weighted by molar-refractivity contribution is 5.92. The van der Waals surface area contributed by atoms with Gasteiger partial charge in [-0.05, 0) is 31.0 Å². The molecule has 0 radical (unpaired) electrons. The van der Waals surface area contributed by atoms with E-state index in [0.29, 0.717) is 18.5 Å². The van der Waals surface area contributed by atoms with Gasteiger partial charge < -0.3 is 10.4 Å². The van der Waals surface area contributed by atoms with Gasteiger partial charge >= 0.3 is 5.97 Å². The first kappa shape index (κ1) is 15.7. The summed E-state index contributed by atoms with van der Waals surface area (Å²) in [5.74, 6) is -1.61. The molecule has 1 aromatic heterocycles. The van der Waals surface area contributed by atoms with Gasteiger partial charge in [0.1, 0.15) is 0 Å². The van der Waals surface area contributed by atoms with Gasteiger partial charge in [-0.1, -0.05) is 0 Å². The van der Waals surface area contributed by atoms with Crippen molar-refractivity contribution in [2.75, 3.05) is 0 Å². The van der Waals surface area contributed by atoms with Gasteiger partial charge in [0.15, 0.2) is 5.69 Å². The standard InChI is InChI=1S/C15H14N4O5/c20-14(16-10-7-9(8-10)15(21)22)13-5-6-18(17-13)11-1-3-12(4-2-11)19(23)24/h1-6,9-10H,7-8H2,(H,16,20)(H,21,22). The first-order chi connectivity index (χ1) is 11.4. The first-order valence-electron chi connectivity index (χ1n) is 7.28. The monoisotopic (exact) mass is 330 g/mol. The number of benzene rings is 1. The number of carbonyl (C=O) groups excluding carboxylic acids is 1. The number of hydrogen-bond donors (Lipinski definition) is 2. The van der Waals surface area contributed by atoms with Crippen molar-refractivity contribution in [3.63, 3.8) is 0 Å². The van der Waals surface area contributed by atoms with E-state index in [4.69, 9.17) is 5.11 Å². The zero-order valence-electron chi connectivity index (χ0n) is 12.5. The molecule has 0 spiro atoms. The number of aromatic nitrogens is 2. The Bertz CT molecular complexity index is 792. The lowest BCUT2D eigenvalue weighted by Gasteiger charge is -2.32. The number of nitro benzene ring substituents is 1. The van der Waals surface area contributed by atoms with Crippen molar-refractivity contribution >= 4 is 17.6 Å². The molecule has 0 bridgehead atoms. The fourth-order valence-corrected chi connectivity index (χ4v) is 2.51. The Morgan fingerprint density at radius 2 is 1.92 bits per heavy atom. The minimum Gasteiger partial charge on any atom is -0.481 e. The Balaban J connectivity index is 1.64. The molecule has 0 atom stereocenters. The van der Waals surface area contributed by atoms with Crippen LogP contribution in [0.2, 0.25) is 0 Å². The number of amides is 1. The second-order valence-corrected chi connectivity index (χ2v) is 5.60. The van der Waals surface area contributed by atoms with Gasteiger partial charge in [0.2, 0.25) is 0 Å². The molecule has 1 saturated carbocycles. The minimum absolute atomic E-state index is 0.0261. The largest absolute Gasteiger partial charge is 0.481 e. The zero-order chi connectivity index (χ0) is 17.3. The predicted octanol–water partition coefficient (Wildman–Crippen LogP) is 1.37. The molecule has 3 rings (SSSR count). The average Bonchev–Trinajstić information content (AvgIpc) is 3.00. The molecule has 0 unspecified atom stereocenters. The molecule has 9 heteroatoms. The van der Waals surface area contributed by atoms with Crippen molar-refractivity contribution in [2.24, 2.45) is 5.92 Å². The van der Waals surface area contributed by atoms with Crippen LogP contribution in [0.25, 0.3) is 5.69 Å². The van der Waals surface area contributed by atoms with Crippen molar-refractivity contribution < 1.29 is 19.6 Å². The number of non-ortho nitro benzene ring substituents is 1. The third-order valence-corrected chi connectivity index (χ3v) is 3.97. The Morgan fingerprint density at radius 1 is 1.25 bits per heavy atom. The Kier molecular flexibility index (Phi) is 3.98. The molecule has 1 aromatic carbocycles. The molecule has 1 heterocycles. The van der Waals surface area contributed by atoms with E-state index in [-0.39, 0.29) is 23.3 Å². The highest BCUT2D eigenvalue weighted by Gasteiger charge is 2.35. The molecule has 24 heavy (non-hydrogen) atoms. The molecule has 124 valence electrons. The molecular weight excluding hydrogens is 316 g/mol. The molecule has 1 aliphatic carbocycles. The van der Waals surface area contributed by atoms with Crippen LogP contribution >= 0.6 is 0 Å². The van der Waals surface area contributed by atoms with Crippen molar-refractivity contribution in [1.29, 1.82) is 0 Å². The number of hydrogen-bond acceptors (Lipinski definition) is 5. The summed E-state index contributed by atoms with van der Waals surface area (Å²) in [5.41, 5.74) is 0.767. The number of aliphatic carboxylic acids is 1. The van der Waals surface area contributed by atoms with E-state index in [1.54, 1.807) is 6.20 Å². The second kappa shape index (κ2) is 6.11. The van der Waals surface area contributed by atoms with Gasteiger partial charge in [0, 0.05) is 24.4 Å². The van der Waals surface area contributed by atoms with E-state index >= 15 is 0 Å². The van der Waals surface area contributed by atoms with Gasteiger partial charge in [-0.3, -0.25) is 19.7 Å². The maximum atomic E-state index is 12.1. The van der Waals surface area contributed by atoms with Crippen LogP contribution in [0.5, 0.6) is 0 Å². The minimum atomic E-state index is -0.844. The number of nitro groups is 1. The first-order valence-corrected chi connectivity index (χ1v) is 7.28. The van der Waals surface area contributed by atoms with Crippen LogP contribution in [0.15, 0.2) is 36.5 Å². The lowest BCUT2D eigenvalue weighted by molar-refractivity contribution is -0.384. The SMILES string of the molecule is O=C(NC1CC(C(=O)O)C1)c1ccn(-c2ccc([N+](=O)[O-])cc2)n1. The molecule has 0 saturated heterocycles. The van der Waals surface area contributed by atoms with Crippen molar-refractivity contribution in [1.82, 2.24) is 15.1 Å². The van der Waals surface area contributed by atoms with Gasteiger partial charge in [0.05, 0.1) is 16.5 Å². The molecule has 0 aliphatic heterocycles. The predicted molar refractivity (Wildman–Crippen MR) is 81.8 cm³/mol. The van der Waals surface area contributed by atoms with E-state index in [1.807, 2.05) is 0 Å². The van der Waals surface area contributed by atoms with Gasteiger partial charge in [-0.2, -0.15) is 5.10 Å². The molecule has 1 aliphatic rings. The number of nitrogens with one attached hydrogen (secondary N) is 1. The van der Waals surface area contributed by atoms with E-state index < -0.39 is 16.8 Å². The van der Waals surface area contributed by atoms with Crippen LogP contribution in [0.4, 0.5) is 5.69 Å². The average molecular weight is 330 g/mol. The Morgan fingerprint density at radius 3 is 2.50 bits per heavy atom. The van der Waals surface area contributed by atoms with Gasteiger partial charge in [-0.15, -0.1) is 0 Å². The normalized spacial score (nSPS) is 19.3. The quantitative estimate of drug-likeness (QED) is 0.629. The Hall–Kier alpha value is -3.23. The molecular formula is C15H14N4O5. The number of carboxylic acids is 1. The van der Waals surface area contributed by atoms with Crippen LogP contribution in [0.1, 0.15) is 23.3 Å². The summed E-state index contributed by atoms with van der Waals surface area (Å²) in [6.07, 6.45) is 2.42. The van der Waals surface area contributed by atoms with Crippen molar-refractivity contribution in [3.05, 3.63) is 52.3 Å². The fraction of sp³-hybridized carbons (Fsp3) is 0.267. The molecule has 2 N–H and O–H groups in total. The number of rotatable bonds is 5. The van der Waals surface area contributed by atoms with Crippen molar-refractivity contribution in [2.45, 2.75) is 18.9 Å². The molecule has 2 aromatic rings. The summed E-state index contributed by atoms with van der Waals surface area (Å²) in [7, 11) is 0. The zero-order valence-corrected chi connectivity index (χ0v) is 12.5. The molecule has 1 amide bonds. The van der Waals surface area contributed by atoms with Crippen LogP contribution in [0, 0.1) is 16.0 Å². The third-order valence-electron chi connectivity index (χ3n) is 3.97. The third kappa shape index (κ3) is 3.09. The second-order valence-electron chi connectivity index (χ2n) is 5.60. The highest BCUT2D eigenvalue weighted by atomic mass is 16.6. The van der Waals surface area contributed by atoms with Crippen LogP contribution in [-0.2, 0) is 4.79 Å². The topological polar surface area (TPSA) is 127 Å². The summed E-state index contributed by atoms with van der Waals surface area (Å²) in [4.78, 5) is 33.0. The lowest BCUT2D eigenvalue weighted by atomic mass is 9.80. The fourth-order valence-electron chi connectivity index (χ4n) is 2.51. The van der Waals surface area contributed by atoms with Crippen LogP contribution < -0.4 is 5.32 Å². The number of carboxylic acid groups (broad SMARTS) is 1. The summed E-state index contributed by atoms with van der Waals surface area (Å²) < 4.78 is 1.44.